The maximum absolute atomic E-state index is 11.2. The van der Waals surface area contributed by atoms with E-state index in [0.29, 0.717) is 25.9 Å². The molecule has 1 unspecified atom stereocenters. The van der Waals surface area contributed by atoms with E-state index in [1.807, 2.05) is 6.92 Å². The second-order valence-electron chi connectivity index (χ2n) is 3.47. The molecule has 0 heterocycles. The van der Waals surface area contributed by atoms with E-state index in [0.717, 1.165) is 19.3 Å². The molecule has 0 aromatic heterocycles. The Bertz CT molecular complexity index is 151. The van der Waals surface area contributed by atoms with Crippen LogP contribution in [0.5, 0.6) is 0 Å². The van der Waals surface area contributed by atoms with Crippen molar-refractivity contribution < 1.29 is 9.90 Å². The highest BCUT2D eigenvalue weighted by Gasteiger charge is 2.04. The van der Waals surface area contributed by atoms with Crippen molar-refractivity contribution in [1.29, 1.82) is 0 Å². The third kappa shape index (κ3) is 8.01. The first-order chi connectivity index (χ1) is 6.70. The van der Waals surface area contributed by atoms with Gasteiger partial charge in [-0.15, -0.1) is 0 Å². The van der Waals surface area contributed by atoms with Crippen LogP contribution in [0.1, 0.15) is 39.0 Å². The van der Waals surface area contributed by atoms with Gasteiger partial charge in [0.1, 0.15) is 0 Å². The third-order valence-electron chi connectivity index (χ3n) is 2.11. The van der Waals surface area contributed by atoms with Crippen LogP contribution in [-0.4, -0.2) is 30.2 Å². The van der Waals surface area contributed by atoms with Gasteiger partial charge in [-0.1, -0.05) is 13.3 Å². The highest BCUT2D eigenvalue weighted by molar-refractivity contribution is 5.75. The Balaban J connectivity index is 3.28. The number of hydrogen-bond donors (Lipinski definition) is 3. The molecule has 0 aromatic carbocycles. The van der Waals surface area contributed by atoms with Crippen LogP contribution < -0.4 is 11.1 Å². The highest BCUT2D eigenvalue weighted by atomic mass is 16.3. The van der Waals surface area contributed by atoms with E-state index in [4.69, 9.17) is 5.73 Å². The summed E-state index contributed by atoms with van der Waals surface area (Å²) in [4.78, 5) is 11.2. The topological polar surface area (TPSA) is 75.3 Å². The van der Waals surface area contributed by atoms with Crippen molar-refractivity contribution in [3.8, 4) is 0 Å². The van der Waals surface area contributed by atoms with Gasteiger partial charge in [0, 0.05) is 13.0 Å². The zero-order valence-corrected chi connectivity index (χ0v) is 8.96. The highest BCUT2D eigenvalue weighted by Crippen LogP contribution is 1.98. The smallest absolute Gasteiger partial charge is 0.220 e. The van der Waals surface area contributed by atoms with E-state index in [-0.39, 0.29) is 5.91 Å². The summed E-state index contributed by atoms with van der Waals surface area (Å²) in [5.74, 6) is 0.0227. The summed E-state index contributed by atoms with van der Waals surface area (Å²) in [6.45, 7) is 2.94. The minimum atomic E-state index is -0.414. The van der Waals surface area contributed by atoms with Crippen LogP contribution in [0.15, 0.2) is 0 Å². The number of unbranched alkanes of at least 4 members (excludes halogenated alkanes) is 2. The average molecular weight is 202 g/mol. The summed E-state index contributed by atoms with van der Waals surface area (Å²) in [5, 5.41) is 11.9. The Morgan fingerprint density at radius 3 is 2.71 bits per heavy atom. The van der Waals surface area contributed by atoms with Gasteiger partial charge in [-0.25, -0.2) is 0 Å². The van der Waals surface area contributed by atoms with Gasteiger partial charge in [0.25, 0.3) is 0 Å². The monoisotopic (exact) mass is 202 g/mol. The molecule has 4 heteroatoms. The SMILES string of the molecule is CCC(O)CNC(=O)CCCCCN. The van der Waals surface area contributed by atoms with Crippen LogP contribution in [0.4, 0.5) is 0 Å². The first-order valence-corrected chi connectivity index (χ1v) is 5.35. The van der Waals surface area contributed by atoms with E-state index in [2.05, 4.69) is 5.32 Å². The Hall–Kier alpha value is -0.610. The summed E-state index contributed by atoms with van der Waals surface area (Å²) < 4.78 is 0. The van der Waals surface area contributed by atoms with Gasteiger partial charge in [0.15, 0.2) is 0 Å². The van der Waals surface area contributed by atoms with Crippen LogP contribution in [0.3, 0.4) is 0 Å². The zero-order valence-electron chi connectivity index (χ0n) is 8.96. The summed E-state index contributed by atoms with van der Waals surface area (Å²) in [7, 11) is 0. The molecule has 0 fully saturated rings. The zero-order chi connectivity index (χ0) is 10.8. The Kier molecular flexibility index (Phi) is 8.57. The van der Waals surface area contributed by atoms with Gasteiger partial charge in [-0.2, -0.15) is 0 Å². The molecule has 0 radical (unpaired) electrons. The first kappa shape index (κ1) is 13.4. The van der Waals surface area contributed by atoms with Crippen LogP contribution in [0.2, 0.25) is 0 Å². The lowest BCUT2D eigenvalue weighted by atomic mass is 10.2. The van der Waals surface area contributed by atoms with Gasteiger partial charge in [0.2, 0.25) is 5.91 Å². The van der Waals surface area contributed by atoms with Crippen molar-refractivity contribution in [3.05, 3.63) is 0 Å². The molecule has 0 bridgehead atoms. The van der Waals surface area contributed by atoms with Crippen LogP contribution in [-0.2, 0) is 4.79 Å². The van der Waals surface area contributed by atoms with Crippen molar-refractivity contribution in [2.45, 2.75) is 45.1 Å². The number of aliphatic hydroxyl groups excluding tert-OH is 1. The number of hydrogen-bond acceptors (Lipinski definition) is 3. The van der Waals surface area contributed by atoms with Gasteiger partial charge < -0.3 is 16.2 Å². The minimum absolute atomic E-state index is 0.0227. The van der Waals surface area contributed by atoms with Gasteiger partial charge in [-0.3, -0.25) is 4.79 Å². The molecular weight excluding hydrogens is 180 g/mol. The fraction of sp³-hybridized carbons (Fsp3) is 0.900. The van der Waals surface area contributed by atoms with E-state index in [9.17, 15) is 9.90 Å². The third-order valence-corrected chi connectivity index (χ3v) is 2.11. The van der Waals surface area contributed by atoms with E-state index in [1.165, 1.54) is 0 Å². The number of carbonyl (C=O) groups is 1. The van der Waals surface area contributed by atoms with Crippen molar-refractivity contribution in [2.75, 3.05) is 13.1 Å². The molecule has 0 saturated heterocycles. The van der Waals surface area contributed by atoms with Gasteiger partial charge in [-0.05, 0) is 25.8 Å². The first-order valence-electron chi connectivity index (χ1n) is 5.35. The molecule has 0 rings (SSSR count). The number of carbonyl (C=O) groups excluding carboxylic acids is 1. The molecule has 0 aromatic rings. The summed E-state index contributed by atoms with van der Waals surface area (Å²) in [6, 6.07) is 0. The second kappa shape index (κ2) is 8.97. The lowest BCUT2D eigenvalue weighted by Crippen LogP contribution is -2.31. The fourth-order valence-electron chi connectivity index (χ4n) is 1.07. The summed E-state index contributed by atoms with van der Waals surface area (Å²) in [5.41, 5.74) is 5.33. The summed E-state index contributed by atoms with van der Waals surface area (Å²) >= 11 is 0. The molecule has 0 aliphatic carbocycles. The van der Waals surface area contributed by atoms with E-state index < -0.39 is 6.10 Å². The molecule has 4 nitrogen and oxygen atoms in total. The lowest BCUT2D eigenvalue weighted by molar-refractivity contribution is -0.121. The Morgan fingerprint density at radius 2 is 2.14 bits per heavy atom. The molecule has 0 saturated carbocycles. The minimum Gasteiger partial charge on any atom is -0.391 e. The van der Waals surface area contributed by atoms with Crippen LogP contribution in [0.25, 0.3) is 0 Å². The van der Waals surface area contributed by atoms with Crippen molar-refractivity contribution >= 4 is 5.91 Å². The number of rotatable bonds is 8. The maximum Gasteiger partial charge on any atom is 0.220 e. The van der Waals surface area contributed by atoms with Crippen LogP contribution >= 0.6 is 0 Å². The fourth-order valence-corrected chi connectivity index (χ4v) is 1.07. The normalized spacial score (nSPS) is 12.5. The molecule has 0 spiro atoms. The average Bonchev–Trinajstić information content (AvgIpc) is 2.21. The Morgan fingerprint density at radius 1 is 1.43 bits per heavy atom. The molecule has 84 valence electrons. The Labute approximate surface area is 85.9 Å². The predicted octanol–water partition coefficient (Wildman–Crippen LogP) is 0.393. The van der Waals surface area contributed by atoms with Crippen molar-refractivity contribution in [1.82, 2.24) is 5.32 Å². The van der Waals surface area contributed by atoms with Gasteiger partial charge in [0.05, 0.1) is 6.10 Å². The quantitative estimate of drug-likeness (QED) is 0.498. The predicted molar refractivity (Wildman–Crippen MR) is 56.8 cm³/mol. The molecule has 0 aliphatic heterocycles. The number of nitrogens with one attached hydrogen (secondary N) is 1. The number of aliphatic hydroxyl groups is 1. The summed E-state index contributed by atoms with van der Waals surface area (Å²) in [6.07, 6.45) is 3.66. The molecule has 1 atom stereocenters. The second-order valence-corrected chi connectivity index (χ2v) is 3.47. The molecular formula is C10H22N2O2. The standard InChI is InChI=1S/C10H22N2O2/c1-2-9(13)8-12-10(14)6-4-3-5-7-11/h9,13H,2-8,11H2,1H3,(H,12,14). The van der Waals surface area contributed by atoms with Crippen molar-refractivity contribution in [2.24, 2.45) is 5.73 Å². The molecule has 14 heavy (non-hydrogen) atoms. The maximum atomic E-state index is 11.2. The lowest BCUT2D eigenvalue weighted by Gasteiger charge is -2.09. The molecule has 0 aliphatic rings. The molecule has 4 N–H and O–H groups in total. The molecule has 1 amide bonds. The number of nitrogens with two attached hydrogens (primary N) is 1. The van der Waals surface area contributed by atoms with Gasteiger partial charge >= 0.3 is 0 Å². The van der Waals surface area contributed by atoms with Crippen LogP contribution in [0, 0.1) is 0 Å². The van der Waals surface area contributed by atoms with Crippen molar-refractivity contribution in [3.63, 3.8) is 0 Å². The largest absolute Gasteiger partial charge is 0.391 e. The number of amides is 1. The van der Waals surface area contributed by atoms with E-state index >= 15 is 0 Å². The van der Waals surface area contributed by atoms with E-state index in [1.54, 1.807) is 0 Å².